The Morgan fingerprint density at radius 2 is 2.05 bits per heavy atom. The highest BCUT2D eigenvalue weighted by molar-refractivity contribution is 7.99. The molecule has 1 amide bonds. The molecule has 1 aliphatic rings. The molecule has 1 atom stereocenters. The molecule has 1 N–H and O–H groups in total. The normalized spacial score (nSPS) is 21.9. The summed E-state index contributed by atoms with van der Waals surface area (Å²) in [6.45, 7) is 2.59. The lowest BCUT2D eigenvalue weighted by molar-refractivity contribution is -0.147. The van der Waals surface area contributed by atoms with Crippen molar-refractivity contribution >= 4 is 23.6 Å². The first-order chi connectivity index (χ1) is 9.51. The summed E-state index contributed by atoms with van der Waals surface area (Å²) in [6.07, 6.45) is 0.995. The number of nitrogens with zero attached hydrogens (tertiary/aromatic N) is 1. The number of carbonyl (C=O) groups excluding carboxylic acids is 1. The summed E-state index contributed by atoms with van der Waals surface area (Å²) < 4.78 is 0. The Kier molecular flexibility index (Phi) is 4.70. The molecule has 0 radical (unpaired) electrons. The standard InChI is InChI=1S/C15H19NO3S/c1-15(14(18)19)8-9-16(11-15)13(17)7-10-20-12-5-3-2-4-6-12/h2-6H,7-11H2,1H3,(H,18,19). The van der Waals surface area contributed by atoms with E-state index >= 15 is 0 Å². The maximum absolute atomic E-state index is 12.1. The van der Waals surface area contributed by atoms with Crippen LogP contribution in [0, 0.1) is 5.41 Å². The molecule has 0 saturated carbocycles. The van der Waals surface area contributed by atoms with Crippen LogP contribution in [-0.2, 0) is 9.59 Å². The maximum atomic E-state index is 12.1. The van der Waals surface area contributed by atoms with E-state index in [0.717, 1.165) is 10.6 Å². The third kappa shape index (κ3) is 3.54. The largest absolute Gasteiger partial charge is 0.481 e. The van der Waals surface area contributed by atoms with Crippen LogP contribution >= 0.6 is 11.8 Å². The van der Waals surface area contributed by atoms with E-state index in [1.165, 1.54) is 0 Å². The number of carboxylic acids is 1. The van der Waals surface area contributed by atoms with Gasteiger partial charge in [-0.1, -0.05) is 18.2 Å². The van der Waals surface area contributed by atoms with Crippen molar-refractivity contribution in [2.24, 2.45) is 5.41 Å². The summed E-state index contributed by atoms with van der Waals surface area (Å²) in [5.74, 6) is -0.0341. The molecule has 5 heteroatoms. The highest BCUT2D eigenvalue weighted by atomic mass is 32.2. The van der Waals surface area contributed by atoms with E-state index in [1.807, 2.05) is 30.3 Å². The number of aliphatic carboxylic acids is 1. The van der Waals surface area contributed by atoms with E-state index in [0.29, 0.717) is 25.9 Å². The molecule has 1 saturated heterocycles. The number of thioether (sulfide) groups is 1. The quantitative estimate of drug-likeness (QED) is 0.847. The van der Waals surface area contributed by atoms with Crippen LogP contribution in [0.25, 0.3) is 0 Å². The van der Waals surface area contributed by atoms with E-state index in [2.05, 4.69) is 0 Å². The topological polar surface area (TPSA) is 57.6 Å². The first-order valence-corrected chi connectivity index (χ1v) is 7.69. The average Bonchev–Trinajstić information content (AvgIpc) is 2.84. The van der Waals surface area contributed by atoms with E-state index < -0.39 is 11.4 Å². The number of benzene rings is 1. The summed E-state index contributed by atoms with van der Waals surface area (Å²) in [4.78, 5) is 26.0. The average molecular weight is 293 g/mol. The van der Waals surface area contributed by atoms with Crippen molar-refractivity contribution < 1.29 is 14.7 Å². The summed E-state index contributed by atoms with van der Waals surface area (Å²) in [5.41, 5.74) is -0.776. The fraction of sp³-hybridized carbons (Fsp3) is 0.467. The van der Waals surface area contributed by atoms with Crippen LogP contribution in [0.4, 0.5) is 0 Å². The molecule has 1 aromatic rings. The lowest BCUT2D eigenvalue weighted by atomic mass is 9.90. The van der Waals surface area contributed by atoms with Crippen LogP contribution in [0.2, 0.25) is 0 Å². The zero-order valence-electron chi connectivity index (χ0n) is 11.5. The lowest BCUT2D eigenvalue weighted by Crippen LogP contribution is -2.34. The van der Waals surface area contributed by atoms with Crippen molar-refractivity contribution in [1.29, 1.82) is 0 Å². The van der Waals surface area contributed by atoms with Crippen molar-refractivity contribution in [1.82, 2.24) is 4.90 Å². The van der Waals surface area contributed by atoms with Gasteiger partial charge in [0, 0.05) is 30.2 Å². The molecule has 1 fully saturated rings. The third-order valence-electron chi connectivity index (χ3n) is 3.67. The Balaban J connectivity index is 1.78. The van der Waals surface area contributed by atoms with Gasteiger partial charge in [0.2, 0.25) is 5.91 Å². The Bertz CT molecular complexity index is 491. The first kappa shape index (κ1) is 14.9. The minimum atomic E-state index is -0.813. The number of likely N-dealkylation sites (tertiary alicyclic amines) is 1. The van der Waals surface area contributed by atoms with E-state index in [9.17, 15) is 9.59 Å². The van der Waals surface area contributed by atoms with Crippen molar-refractivity contribution in [3.63, 3.8) is 0 Å². The van der Waals surface area contributed by atoms with E-state index in [4.69, 9.17) is 5.11 Å². The number of rotatable bonds is 5. The van der Waals surface area contributed by atoms with Crippen LogP contribution in [0.15, 0.2) is 35.2 Å². The maximum Gasteiger partial charge on any atom is 0.311 e. The number of hydrogen-bond donors (Lipinski definition) is 1. The molecule has 4 nitrogen and oxygen atoms in total. The number of hydrogen-bond acceptors (Lipinski definition) is 3. The van der Waals surface area contributed by atoms with Crippen LogP contribution < -0.4 is 0 Å². The van der Waals surface area contributed by atoms with Gasteiger partial charge in [-0.25, -0.2) is 0 Å². The second-order valence-electron chi connectivity index (χ2n) is 5.34. The SMILES string of the molecule is CC1(C(=O)O)CCN(C(=O)CCSc2ccccc2)C1. The molecule has 1 aliphatic heterocycles. The van der Waals surface area contributed by atoms with Gasteiger partial charge in [0.25, 0.3) is 0 Å². The summed E-state index contributed by atoms with van der Waals surface area (Å²) in [7, 11) is 0. The Morgan fingerprint density at radius 3 is 2.65 bits per heavy atom. The van der Waals surface area contributed by atoms with Gasteiger partial charge in [-0.2, -0.15) is 0 Å². The van der Waals surface area contributed by atoms with Gasteiger partial charge >= 0.3 is 5.97 Å². The molecule has 0 aromatic heterocycles. The van der Waals surface area contributed by atoms with E-state index in [-0.39, 0.29) is 5.91 Å². The van der Waals surface area contributed by atoms with Crippen LogP contribution in [0.5, 0.6) is 0 Å². The predicted molar refractivity (Wildman–Crippen MR) is 78.7 cm³/mol. The van der Waals surface area contributed by atoms with Gasteiger partial charge in [-0.3, -0.25) is 9.59 Å². The molecular formula is C15H19NO3S. The molecule has 1 heterocycles. The zero-order chi connectivity index (χ0) is 14.6. The van der Waals surface area contributed by atoms with E-state index in [1.54, 1.807) is 23.6 Å². The lowest BCUT2D eigenvalue weighted by Gasteiger charge is -2.20. The van der Waals surface area contributed by atoms with Crippen molar-refractivity contribution in [2.75, 3.05) is 18.8 Å². The zero-order valence-corrected chi connectivity index (χ0v) is 12.4. The fourth-order valence-corrected chi connectivity index (χ4v) is 3.14. The highest BCUT2D eigenvalue weighted by Crippen LogP contribution is 2.30. The van der Waals surface area contributed by atoms with Crippen LogP contribution in [-0.4, -0.2) is 40.7 Å². The summed E-state index contributed by atoms with van der Waals surface area (Å²) in [5, 5.41) is 9.15. The monoisotopic (exact) mass is 293 g/mol. The number of carboxylic acid groups (broad SMARTS) is 1. The fourth-order valence-electron chi connectivity index (χ4n) is 2.28. The second-order valence-corrected chi connectivity index (χ2v) is 6.51. The van der Waals surface area contributed by atoms with Gasteiger partial charge in [-0.15, -0.1) is 11.8 Å². The molecule has 108 valence electrons. The molecule has 0 aliphatic carbocycles. The predicted octanol–water partition coefficient (Wildman–Crippen LogP) is 2.49. The van der Waals surface area contributed by atoms with Crippen molar-refractivity contribution in [3.8, 4) is 0 Å². The smallest absolute Gasteiger partial charge is 0.311 e. The van der Waals surface area contributed by atoms with Gasteiger partial charge < -0.3 is 10.0 Å². The Morgan fingerprint density at radius 1 is 1.35 bits per heavy atom. The third-order valence-corrected chi connectivity index (χ3v) is 4.68. The Hall–Kier alpha value is -1.49. The van der Waals surface area contributed by atoms with Crippen LogP contribution in [0.1, 0.15) is 19.8 Å². The minimum absolute atomic E-state index is 0.0541. The van der Waals surface area contributed by atoms with Gasteiger partial charge in [-0.05, 0) is 25.5 Å². The highest BCUT2D eigenvalue weighted by Gasteiger charge is 2.41. The molecule has 0 bridgehead atoms. The van der Waals surface area contributed by atoms with Gasteiger partial charge in [0.15, 0.2) is 0 Å². The van der Waals surface area contributed by atoms with Crippen molar-refractivity contribution in [2.45, 2.75) is 24.7 Å². The second kappa shape index (κ2) is 6.31. The van der Waals surface area contributed by atoms with Crippen LogP contribution in [0.3, 0.4) is 0 Å². The molecule has 1 unspecified atom stereocenters. The molecule has 20 heavy (non-hydrogen) atoms. The van der Waals surface area contributed by atoms with Gasteiger partial charge in [0.05, 0.1) is 5.41 Å². The summed E-state index contributed by atoms with van der Waals surface area (Å²) >= 11 is 1.65. The minimum Gasteiger partial charge on any atom is -0.481 e. The number of carbonyl (C=O) groups is 2. The molecule has 2 rings (SSSR count). The van der Waals surface area contributed by atoms with Gasteiger partial charge in [0.1, 0.15) is 0 Å². The number of amides is 1. The molecular weight excluding hydrogens is 274 g/mol. The molecule has 1 aromatic carbocycles. The first-order valence-electron chi connectivity index (χ1n) is 6.70. The Labute approximate surface area is 123 Å². The molecule has 0 spiro atoms. The summed E-state index contributed by atoms with van der Waals surface area (Å²) in [6, 6.07) is 9.96. The van der Waals surface area contributed by atoms with Crippen molar-refractivity contribution in [3.05, 3.63) is 30.3 Å².